The molecule has 0 N–H and O–H groups in total. The van der Waals surface area contributed by atoms with Gasteiger partial charge in [0.1, 0.15) is 5.75 Å². The van der Waals surface area contributed by atoms with Gasteiger partial charge in [-0.15, -0.1) is 0 Å². The molecule has 0 bridgehead atoms. The van der Waals surface area contributed by atoms with E-state index in [4.69, 9.17) is 4.74 Å². The van der Waals surface area contributed by atoms with Gasteiger partial charge in [0.25, 0.3) is 0 Å². The molecule has 0 fully saturated rings. The van der Waals surface area contributed by atoms with Crippen molar-refractivity contribution < 1.29 is 17.9 Å². The summed E-state index contributed by atoms with van der Waals surface area (Å²) in [6.45, 7) is 0. The highest BCUT2D eigenvalue weighted by Gasteiger charge is 2.36. The highest BCUT2D eigenvalue weighted by Crippen LogP contribution is 2.40. The van der Waals surface area contributed by atoms with Crippen molar-refractivity contribution in [1.29, 1.82) is 0 Å². The predicted molar refractivity (Wildman–Crippen MR) is 63.8 cm³/mol. The monoisotopic (exact) mass is 358 g/mol. The fourth-order valence-electron chi connectivity index (χ4n) is 1.14. The lowest BCUT2D eigenvalue weighted by atomic mass is 10.1. The van der Waals surface area contributed by atoms with Gasteiger partial charge < -0.3 is 4.74 Å². The van der Waals surface area contributed by atoms with Gasteiger partial charge in [-0.25, -0.2) is 0 Å². The topological polar surface area (TPSA) is 9.23 Å². The van der Waals surface area contributed by atoms with Gasteiger partial charge in [-0.05, 0) is 49.6 Å². The van der Waals surface area contributed by atoms with Crippen molar-refractivity contribution in [3.8, 4) is 5.75 Å². The largest absolute Gasteiger partial charge is 0.497 e. The van der Waals surface area contributed by atoms with Gasteiger partial charge >= 0.3 is 6.18 Å². The Bertz CT molecular complexity index is 392. The Morgan fingerprint density at radius 2 is 1.62 bits per heavy atom. The van der Waals surface area contributed by atoms with Gasteiger partial charge in [0.15, 0.2) is 0 Å². The molecule has 0 unspecified atom stereocenters. The van der Waals surface area contributed by atoms with Crippen LogP contribution in [0.2, 0.25) is 0 Å². The lowest BCUT2D eigenvalue weighted by Gasteiger charge is -2.12. The van der Waals surface area contributed by atoms with E-state index in [1.807, 2.05) is 0 Å². The number of allylic oxidation sites excluding steroid dienone is 1. The summed E-state index contributed by atoms with van der Waals surface area (Å²) in [4.78, 5) is 0. The third kappa shape index (κ3) is 3.25. The molecule has 1 aromatic rings. The van der Waals surface area contributed by atoms with Crippen LogP contribution in [-0.2, 0) is 0 Å². The van der Waals surface area contributed by atoms with Gasteiger partial charge in [0.2, 0.25) is 0 Å². The maximum Gasteiger partial charge on any atom is 0.418 e. The van der Waals surface area contributed by atoms with Crippen molar-refractivity contribution in [2.24, 2.45) is 0 Å². The zero-order valence-corrected chi connectivity index (χ0v) is 11.3. The zero-order chi connectivity index (χ0) is 12.3. The second-order valence-corrected chi connectivity index (χ2v) is 5.51. The molecule has 16 heavy (non-hydrogen) atoms. The lowest BCUT2D eigenvalue weighted by molar-refractivity contribution is -0.0688. The van der Waals surface area contributed by atoms with Crippen LogP contribution in [0.3, 0.4) is 0 Å². The molecule has 88 valence electrons. The number of hydrogen-bond acceptors (Lipinski definition) is 1. The van der Waals surface area contributed by atoms with E-state index in [1.165, 1.54) is 31.4 Å². The molecular formula is C10H7Br2F3O. The lowest BCUT2D eigenvalue weighted by Crippen LogP contribution is -2.11. The van der Waals surface area contributed by atoms with Gasteiger partial charge in [-0.1, -0.05) is 12.1 Å². The van der Waals surface area contributed by atoms with Crippen molar-refractivity contribution in [2.75, 3.05) is 7.11 Å². The van der Waals surface area contributed by atoms with Crippen LogP contribution in [0.5, 0.6) is 5.75 Å². The number of alkyl halides is 3. The Labute approximate surface area is 108 Å². The minimum atomic E-state index is -4.42. The smallest absolute Gasteiger partial charge is 0.418 e. The van der Waals surface area contributed by atoms with Crippen molar-refractivity contribution in [2.45, 2.75) is 6.18 Å². The summed E-state index contributed by atoms with van der Waals surface area (Å²) in [5.74, 6) is 0.510. The van der Waals surface area contributed by atoms with Crippen LogP contribution in [0.25, 0.3) is 5.57 Å². The van der Waals surface area contributed by atoms with Gasteiger partial charge in [0, 0.05) is 0 Å². The van der Waals surface area contributed by atoms with Crippen LogP contribution in [0.1, 0.15) is 5.56 Å². The SMILES string of the molecule is COc1ccc(C(=C(Br)Br)C(F)(F)F)cc1. The predicted octanol–water partition coefficient (Wildman–Crippen LogP) is 4.72. The molecule has 0 aliphatic heterocycles. The van der Waals surface area contributed by atoms with E-state index < -0.39 is 11.7 Å². The molecular weight excluding hydrogens is 353 g/mol. The van der Waals surface area contributed by atoms with Gasteiger partial charge in [-0.3, -0.25) is 0 Å². The minimum Gasteiger partial charge on any atom is -0.497 e. The molecule has 1 nitrogen and oxygen atoms in total. The second-order valence-electron chi connectivity index (χ2n) is 2.86. The third-order valence-electron chi connectivity index (χ3n) is 1.85. The summed E-state index contributed by atoms with van der Waals surface area (Å²) in [5.41, 5.74) is -0.688. The Hall–Kier alpha value is -0.490. The number of rotatable bonds is 2. The molecule has 0 radical (unpaired) electrons. The highest BCUT2D eigenvalue weighted by molar-refractivity contribution is 9.28. The van der Waals surface area contributed by atoms with Crippen LogP contribution in [-0.4, -0.2) is 13.3 Å². The first kappa shape index (κ1) is 13.6. The maximum absolute atomic E-state index is 12.7. The average Bonchev–Trinajstić information content (AvgIpc) is 2.16. The van der Waals surface area contributed by atoms with E-state index in [2.05, 4.69) is 31.9 Å². The molecule has 1 aromatic carbocycles. The summed E-state index contributed by atoms with van der Waals surface area (Å²) < 4.78 is 42.8. The van der Waals surface area contributed by atoms with Gasteiger partial charge in [0.05, 0.1) is 16.1 Å². The second kappa shape index (κ2) is 5.23. The molecule has 0 aliphatic carbocycles. The Morgan fingerprint density at radius 3 is 1.94 bits per heavy atom. The van der Waals surface area contributed by atoms with E-state index in [-0.39, 0.29) is 8.96 Å². The molecule has 0 spiro atoms. The first-order valence-electron chi connectivity index (χ1n) is 4.13. The highest BCUT2D eigenvalue weighted by atomic mass is 79.9. The van der Waals surface area contributed by atoms with Crippen molar-refractivity contribution in [3.63, 3.8) is 0 Å². The summed E-state index contributed by atoms with van der Waals surface area (Å²) in [5, 5.41) is 0. The van der Waals surface area contributed by atoms with E-state index in [0.717, 1.165) is 0 Å². The zero-order valence-electron chi connectivity index (χ0n) is 8.11. The number of methoxy groups -OCH3 is 1. The fourth-order valence-corrected chi connectivity index (χ4v) is 2.05. The van der Waals surface area contributed by atoms with Crippen LogP contribution < -0.4 is 4.74 Å². The molecule has 0 saturated carbocycles. The van der Waals surface area contributed by atoms with E-state index in [0.29, 0.717) is 5.75 Å². The van der Waals surface area contributed by atoms with E-state index >= 15 is 0 Å². The number of ether oxygens (including phenoxy) is 1. The summed E-state index contributed by atoms with van der Waals surface area (Å²) in [7, 11) is 1.45. The Balaban J connectivity index is 3.19. The average molecular weight is 360 g/mol. The standard InChI is InChI=1S/C10H7Br2F3O/c1-16-7-4-2-6(3-5-7)8(9(11)12)10(13,14)15/h2-5H,1H3. The third-order valence-corrected chi connectivity index (χ3v) is 2.64. The summed E-state index contributed by atoms with van der Waals surface area (Å²) >= 11 is 5.59. The molecule has 0 aliphatic rings. The first-order chi connectivity index (χ1) is 7.36. The summed E-state index contributed by atoms with van der Waals surface area (Å²) in [6, 6.07) is 5.66. The molecule has 0 amide bonds. The van der Waals surface area contributed by atoms with Crippen molar-refractivity contribution in [1.82, 2.24) is 0 Å². The minimum absolute atomic E-state index is 0.0667. The van der Waals surface area contributed by atoms with Crippen LogP contribution >= 0.6 is 31.9 Å². The van der Waals surface area contributed by atoms with E-state index in [1.54, 1.807) is 0 Å². The molecule has 0 aromatic heterocycles. The Kier molecular flexibility index (Phi) is 4.43. The number of halogens is 5. The van der Waals surface area contributed by atoms with Gasteiger partial charge in [-0.2, -0.15) is 13.2 Å². The molecule has 1 rings (SSSR count). The van der Waals surface area contributed by atoms with Crippen molar-refractivity contribution in [3.05, 3.63) is 33.2 Å². The van der Waals surface area contributed by atoms with Crippen LogP contribution in [0.15, 0.2) is 27.7 Å². The van der Waals surface area contributed by atoms with Crippen LogP contribution in [0.4, 0.5) is 13.2 Å². The molecule has 0 saturated heterocycles. The fraction of sp³-hybridized carbons (Fsp3) is 0.200. The molecule has 6 heteroatoms. The van der Waals surface area contributed by atoms with Crippen LogP contribution in [0, 0.1) is 0 Å². The van der Waals surface area contributed by atoms with Crippen molar-refractivity contribution >= 4 is 37.4 Å². The first-order valence-corrected chi connectivity index (χ1v) is 5.71. The number of hydrogen-bond donors (Lipinski definition) is 0. The molecule has 0 heterocycles. The maximum atomic E-state index is 12.7. The normalized spacial score (nSPS) is 11.1. The quantitative estimate of drug-likeness (QED) is 0.742. The van der Waals surface area contributed by atoms with E-state index in [9.17, 15) is 13.2 Å². The summed E-state index contributed by atoms with van der Waals surface area (Å²) in [6.07, 6.45) is -4.42. The molecule has 0 atom stereocenters. The number of benzene rings is 1. The Morgan fingerprint density at radius 1 is 1.12 bits per heavy atom.